The number of halogens is 1. The van der Waals surface area contributed by atoms with Crippen LogP contribution in [-0.4, -0.2) is 21.6 Å². The van der Waals surface area contributed by atoms with E-state index in [1.165, 1.54) is 17.7 Å². The Morgan fingerprint density at radius 1 is 1.09 bits per heavy atom. The van der Waals surface area contributed by atoms with E-state index in [9.17, 15) is 9.18 Å². The average Bonchev–Trinajstić information content (AvgIpc) is 3.26. The predicted octanol–water partition coefficient (Wildman–Crippen LogP) is 7.06. The molecule has 0 aliphatic heterocycles. The highest BCUT2D eigenvalue weighted by Crippen LogP contribution is 2.34. The molecule has 0 aliphatic carbocycles. The number of amides is 1. The van der Waals surface area contributed by atoms with Crippen molar-refractivity contribution in [3.05, 3.63) is 83.9 Å². The third-order valence-corrected chi connectivity index (χ3v) is 7.40. The highest BCUT2D eigenvalue weighted by atomic mass is 32.2. The van der Waals surface area contributed by atoms with Crippen LogP contribution in [0, 0.1) is 5.82 Å². The van der Waals surface area contributed by atoms with E-state index in [0.29, 0.717) is 24.0 Å². The van der Waals surface area contributed by atoms with E-state index >= 15 is 0 Å². The molecule has 2 heterocycles. The van der Waals surface area contributed by atoms with E-state index in [1.54, 1.807) is 46.3 Å². The molecular formula is C26H26FN3OS2. The normalized spacial score (nSPS) is 11.3. The number of benzene rings is 2. The first-order valence-electron chi connectivity index (χ1n) is 11.0. The fourth-order valence-electron chi connectivity index (χ4n) is 3.53. The second kappa shape index (κ2) is 10.9. The molecule has 0 spiro atoms. The largest absolute Gasteiger partial charge is 0.282 e. The Bertz CT molecular complexity index is 1210. The Hall–Kier alpha value is -2.77. The first-order valence-corrected chi connectivity index (χ1v) is 12.8. The molecule has 2 aromatic carbocycles. The zero-order valence-electron chi connectivity index (χ0n) is 18.7. The van der Waals surface area contributed by atoms with Gasteiger partial charge in [0.05, 0.1) is 22.5 Å². The van der Waals surface area contributed by atoms with Crippen molar-refractivity contribution in [2.75, 3.05) is 10.7 Å². The molecule has 0 saturated heterocycles. The molecule has 33 heavy (non-hydrogen) atoms. The number of para-hydroxylation sites is 1. The van der Waals surface area contributed by atoms with Gasteiger partial charge in [-0.25, -0.2) is 9.37 Å². The molecule has 4 rings (SSSR count). The molecule has 0 aliphatic rings. The lowest BCUT2D eigenvalue weighted by Crippen LogP contribution is -2.30. The molecule has 4 aromatic rings. The molecule has 2 aromatic heterocycles. The van der Waals surface area contributed by atoms with E-state index in [-0.39, 0.29) is 11.7 Å². The summed E-state index contributed by atoms with van der Waals surface area (Å²) in [5.41, 5.74) is 2.99. The predicted molar refractivity (Wildman–Crippen MR) is 135 cm³/mol. The fourth-order valence-corrected chi connectivity index (χ4v) is 5.40. The second-order valence-electron chi connectivity index (χ2n) is 8.05. The molecular weight excluding hydrogens is 453 g/mol. The highest BCUT2D eigenvalue weighted by Gasteiger charge is 2.21. The van der Waals surface area contributed by atoms with Gasteiger partial charge in [-0.3, -0.25) is 14.7 Å². The van der Waals surface area contributed by atoms with Crippen LogP contribution in [0.1, 0.15) is 43.9 Å². The molecule has 0 radical (unpaired) electrons. The Morgan fingerprint density at radius 2 is 1.91 bits per heavy atom. The maximum atomic E-state index is 13.3. The average molecular weight is 480 g/mol. The van der Waals surface area contributed by atoms with E-state index in [4.69, 9.17) is 4.98 Å². The van der Waals surface area contributed by atoms with Crippen molar-refractivity contribution in [3.8, 4) is 0 Å². The van der Waals surface area contributed by atoms with Gasteiger partial charge in [-0.1, -0.05) is 43.4 Å². The van der Waals surface area contributed by atoms with Crippen LogP contribution in [0.5, 0.6) is 0 Å². The number of pyridine rings is 1. The molecule has 0 N–H and O–H groups in total. The van der Waals surface area contributed by atoms with Crippen LogP contribution in [-0.2, 0) is 11.3 Å². The molecule has 0 saturated carbocycles. The monoisotopic (exact) mass is 479 g/mol. The van der Waals surface area contributed by atoms with Gasteiger partial charge in [0.2, 0.25) is 5.91 Å². The Kier molecular flexibility index (Phi) is 7.73. The van der Waals surface area contributed by atoms with Crippen molar-refractivity contribution in [3.63, 3.8) is 0 Å². The van der Waals surface area contributed by atoms with E-state index in [1.807, 2.05) is 18.2 Å². The van der Waals surface area contributed by atoms with Crippen LogP contribution in [0.25, 0.3) is 10.2 Å². The summed E-state index contributed by atoms with van der Waals surface area (Å²) in [5, 5.41) is 0.708. The van der Waals surface area contributed by atoms with Crippen molar-refractivity contribution in [2.45, 2.75) is 44.0 Å². The number of thioether (sulfide) groups is 1. The number of anilines is 1. The van der Waals surface area contributed by atoms with Gasteiger partial charge < -0.3 is 0 Å². The molecule has 7 heteroatoms. The first kappa shape index (κ1) is 23.4. The summed E-state index contributed by atoms with van der Waals surface area (Å²) in [6.07, 6.45) is 2.88. The quantitative estimate of drug-likeness (QED) is 0.190. The van der Waals surface area contributed by atoms with Crippen LogP contribution in [0.15, 0.2) is 71.8 Å². The van der Waals surface area contributed by atoms with Gasteiger partial charge >= 0.3 is 0 Å². The number of rotatable bonds is 9. The van der Waals surface area contributed by atoms with Gasteiger partial charge in [0.25, 0.3) is 0 Å². The van der Waals surface area contributed by atoms with E-state index < -0.39 is 0 Å². The topological polar surface area (TPSA) is 46.1 Å². The third kappa shape index (κ3) is 5.97. The lowest BCUT2D eigenvalue weighted by Gasteiger charge is -2.19. The maximum Gasteiger partial charge on any atom is 0.229 e. The van der Waals surface area contributed by atoms with Crippen molar-refractivity contribution < 1.29 is 9.18 Å². The molecule has 1 amide bonds. The summed E-state index contributed by atoms with van der Waals surface area (Å²) in [6, 6.07) is 18.4. The number of carbonyl (C=O) groups excluding carboxylic acids is 1. The Morgan fingerprint density at radius 3 is 2.64 bits per heavy atom. The summed E-state index contributed by atoms with van der Waals surface area (Å²) >= 11 is 3.18. The standard InChI is InChI=1S/C26H26FN3OS2/c1-18(2)22-8-5-9-23-25(22)29-26(33-23)30(17-20-7-3-4-15-28-20)24(31)10-6-16-32-21-13-11-19(27)12-14-21/h3-5,7-9,11-15,18H,6,10,16-17H2,1-2H3. The molecule has 0 fully saturated rings. The lowest BCUT2D eigenvalue weighted by atomic mass is 10.0. The van der Waals surface area contributed by atoms with Crippen LogP contribution >= 0.6 is 23.1 Å². The lowest BCUT2D eigenvalue weighted by molar-refractivity contribution is -0.118. The summed E-state index contributed by atoms with van der Waals surface area (Å²) < 4.78 is 14.2. The summed E-state index contributed by atoms with van der Waals surface area (Å²) in [5.74, 6) is 0.931. The zero-order valence-corrected chi connectivity index (χ0v) is 20.3. The second-order valence-corrected chi connectivity index (χ2v) is 10.2. The number of carbonyl (C=O) groups is 1. The first-order chi connectivity index (χ1) is 16.0. The van der Waals surface area contributed by atoms with Crippen molar-refractivity contribution in [1.82, 2.24) is 9.97 Å². The van der Waals surface area contributed by atoms with Crippen LogP contribution in [0.2, 0.25) is 0 Å². The Balaban J connectivity index is 1.51. The summed E-state index contributed by atoms with van der Waals surface area (Å²) in [7, 11) is 0. The number of nitrogens with zero attached hydrogens (tertiary/aromatic N) is 3. The van der Waals surface area contributed by atoms with Gasteiger partial charge in [0.15, 0.2) is 5.13 Å². The van der Waals surface area contributed by atoms with Crippen molar-refractivity contribution in [1.29, 1.82) is 0 Å². The summed E-state index contributed by atoms with van der Waals surface area (Å²) in [4.78, 5) is 25.4. The van der Waals surface area contributed by atoms with Crippen molar-refractivity contribution in [2.24, 2.45) is 0 Å². The van der Waals surface area contributed by atoms with Crippen LogP contribution in [0.3, 0.4) is 0 Å². The number of hydrogen-bond acceptors (Lipinski definition) is 5. The number of hydrogen-bond donors (Lipinski definition) is 0. The van der Waals surface area contributed by atoms with Gasteiger partial charge in [-0.2, -0.15) is 0 Å². The minimum Gasteiger partial charge on any atom is -0.282 e. The molecule has 4 nitrogen and oxygen atoms in total. The Labute approximate surface area is 201 Å². The van der Waals surface area contributed by atoms with Gasteiger partial charge in [0, 0.05) is 17.5 Å². The van der Waals surface area contributed by atoms with Crippen LogP contribution < -0.4 is 4.90 Å². The highest BCUT2D eigenvalue weighted by molar-refractivity contribution is 7.99. The van der Waals surface area contributed by atoms with Crippen LogP contribution in [0.4, 0.5) is 9.52 Å². The maximum absolute atomic E-state index is 13.3. The molecule has 0 unspecified atom stereocenters. The smallest absolute Gasteiger partial charge is 0.229 e. The number of fused-ring (bicyclic) bond motifs is 1. The summed E-state index contributed by atoms with van der Waals surface area (Å²) in [6.45, 7) is 4.70. The third-order valence-electron chi connectivity index (χ3n) is 5.26. The van der Waals surface area contributed by atoms with E-state index in [0.717, 1.165) is 33.0 Å². The van der Waals surface area contributed by atoms with Gasteiger partial charge in [-0.15, -0.1) is 11.8 Å². The molecule has 0 bridgehead atoms. The number of thiazole rings is 1. The van der Waals surface area contributed by atoms with Gasteiger partial charge in [-0.05, 0) is 66.1 Å². The minimum absolute atomic E-state index is 0.0329. The molecule has 170 valence electrons. The molecule has 0 atom stereocenters. The number of aromatic nitrogens is 2. The van der Waals surface area contributed by atoms with E-state index in [2.05, 4.69) is 37.0 Å². The van der Waals surface area contributed by atoms with Gasteiger partial charge in [0.1, 0.15) is 5.82 Å². The fraction of sp³-hybridized carbons (Fsp3) is 0.269. The SMILES string of the molecule is CC(C)c1cccc2sc(N(Cc3ccccn3)C(=O)CCCSc3ccc(F)cc3)nc12. The minimum atomic E-state index is -0.240. The van der Waals surface area contributed by atoms with Crippen molar-refractivity contribution >= 4 is 44.4 Å². The zero-order chi connectivity index (χ0) is 23.2.